The van der Waals surface area contributed by atoms with Crippen LogP contribution in [0.3, 0.4) is 0 Å². The second-order valence-corrected chi connectivity index (χ2v) is 5.38. The van der Waals surface area contributed by atoms with Crippen molar-refractivity contribution in [1.29, 1.82) is 0 Å². The number of nitrogens with two attached hydrogens (primary N) is 1. The average Bonchev–Trinajstić information content (AvgIpc) is 2.36. The number of rotatable bonds is 8. The predicted octanol–water partition coefficient (Wildman–Crippen LogP) is 1.83. The number of amides is 1. The topological polar surface area (TPSA) is 64.3 Å². The van der Waals surface area contributed by atoms with Crippen molar-refractivity contribution < 1.29 is 9.53 Å². The van der Waals surface area contributed by atoms with Crippen molar-refractivity contribution in [3.63, 3.8) is 0 Å². The molecule has 1 saturated carbocycles. The van der Waals surface area contributed by atoms with Gasteiger partial charge in [-0.2, -0.15) is 0 Å². The lowest BCUT2D eigenvalue weighted by molar-refractivity contribution is -0.121. The van der Waals surface area contributed by atoms with Crippen molar-refractivity contribution in [2.24, 2.45) is 11.7 Å². The summed E-state index contributed by atoms with van der Waals surface area (Å²) in [5, 5.41) is 2.97. The van der Waals surface area contributed by atoms with E-state index in [9.17, 15) is 4.79 Å². The fourth-order valence-electron chi connectivity index (χ4n) is 2.62. The van der Waals surface area contributed by atoms with Crippen molar-refractivity contribution in [3.05, 3.63) is 0 Å². The van der Waals surface area contributed by atoms with Crippen molar-refractivity contribution in [2.45, 2.75) is 57.4 Å². The maximum atomic E-state index is 11.6. The number of methoxy groups -OCH3 is 1. The second-order valence-electron chi connectivity index (χ2n) is 5.38. The summed E-state index contributed by atoms with van der Waals surface area (Å²) in [5.74, 6) is 0.847. The van der Waals surface area contributed by atoms with Crippen LogP contribution in [-0.2, 0) is 9.53 Å². The van der Waals surface area contributed by atoms with Crippen LogP contribution in [0, 0.1) is 5.92 Å². The fraction of sp³-hybridized carbons (Fsp3) is 0.929. The summed E-state index contributed by atoms with van der Waals surface area (Å²) in [6.45, 7) is 1.54. The van der Waals surface area contributed by atoms with Gasteiger partial charge in [0.05, 0.1) is 0 Å². The highest BCUT2D eigenvalue weighted by Crippen LogP contribution is 2.26. The van der Waals surface area contributed by atoms with Crippen LogP contribution in [-0.4, -0.2) is 32.2 Å². The third kappa shape index (κ3) is 6.97. The van der Waals surface area contributed by atoms with E-state index < -0.39 is 0 Å². The quantitative estimate of drug-likeness (QED) is 0.651. The molecule has 0 aromatic carbocycles. The van der Waals surface area contributed by atoms with Gasteiger partial charge in [0.15, 0.2) is 0 Å². The molecular weight excluding hydrogens is 228 g/mol. The van der Waals surface area contributed by atoms with Crippen molar-refractivity contribution >= 4 is 5.91 Å². The molecule has 0 aromatic heterocycles. The lowest BCUT2D eigenvalue weighted by Gasteiger charge is -2.26. The van der Waals surface area contributed by atoms with E-state index in [4.69, 9.17) is 10.5 Å². The maximum absolute atomic E-state index is 11.6. The fourth-order valence-corrected chi connectivity index (χ4v) is 2.62. The molecule has 1 rings (SSSR count). The first-order valence-electron chi connectivity index (χ1n) is 7.23. The third-order valence-corrected chi connectivity index (χ3v) is 3.70. The summed E-state index contributed by atoms with van der Waals surface area (Å²) in [6.07, 6.45) is 8.38. The molecule has 0 saturated heterocycles. The maximum Gasteiger partial charge on any atom is 0.220 e. The molecule has 1 fully saturated rings. The molecule has 4 nitrogen and oxygen atoms in total. The van der Waals surface area contributed by atoms with Gasteiger partial charge in [-0.25, -0.2) is 0 Å². The molecule has 2 unspecified atom stereocenters. The summed E-state index contributed by atoms with van der Waals surface area (Å²) < 4.78 is 4.96. The molecule has 1 amide bonds. The highest BCUT2D eigenvalue weighted by Gasteiger charge is 2.19. The number of ether oxygens (including phenoxy) is 1. The first kappa shape index (κ1) is 15.4. The SMILES string of the molecule is COCCCCNC(=O)CCC1CCCC(N)C1. The molecular formula is C14H28N2O2. The standard InChI is InChI=1S/C14H28N2O2/c1-18-10-3-2-9-16-14(17)8-7-12-5-4-6-13(15)11-12/h12-13H,2-11,15H2,1H3,(H,16,17). The molecule has 0 spiro atoms. The summed E-state index contributed by atoms with van der Waals surface area (Å²) in [7, 11) is 1.70. The predicted molar refractivity (Wildman–Crippen MR) is 73.3 cm³/mol. The highest BCUT2D eigenvalue weighted by molar-refractivity contribution is 5.75. The van der Waals surface area contributed by atoms with Crippen LogP contribution in [0.5, 0.6) is 0 Å². The first-order valence-corrected chi connectivity index (χ1v) is 7.23. The van der Waals surface area contributed by atoms with Crippen LogP contribution in [0.2, 0.25) is 0 Å². The lowest BCUT2D eigenvalue weighted by atomic mass is 9.83. The zero-order chi connectivity index (χ0) is 13.2. The van der Waals surface area contributed by atoms with E-state index >= 15 is 0 Å². The van der Waals surface area contributed by atoms with E-state index in [0.29, 0.717) is 18.4 Å². The number of hydrogen-bond acceptors (Lipinski definition) is 3. The van der Waals surface area contributed by atoms with Crippen molar-refractivity contribution in [1.82, 2.24) is 5.32 Å². The summed E-state index contributed by atoms with van der Waals surface area (Å²) in [6, 6.07) is 0.362. The van der Waals surface area contributed by atoms with Gasteiger partial charge in [0, 0.05) is 32.7 Å². The Hall–Kier alpha value is -0.610. The summed E-state index contributed by atoms with van der Waals surface area (Å²) in [5.41, 5.74) is 5.95. The van der Waals surface area contributed by atoms with Crippen LogP contribution >= 0.6 is 0 Å². The van der Waals surface area contributed by atoms with Gasteiger partial charge < -0.3 is 15.8 Å². The minimum absolute atomic E-state index is 0.187. The summed E-state index contributed by atoms with van der Waals surface area (Å²) in [4.78, 5) is 11.6. The van der Waals surface area contributed by atoms with Gasteiger partial charge in [0.2, 0.25) is 5.91 Å². The number of nitrogens with one attached hydrogen (secondary N) is 1. The lowest BCUT2D eigenvalue weighted by Crippen LogP contribution is -2.29. The van der Waals surface area contributed by atoms with Crippen molar-refractivity contribution in [2.75, 3.05) is 20.3 Å². The smallest absolute Gasteiger partial charge is 0.220 e. The average molecular weight is 256 g/mol. The first-order chi connectivity index (χ1) is 8.72. The Kier molecular flexibility index (Phi) is 8.01. The molecule has 106 valence electrons. The van der Waals surface area contributed by atoms with E-state index in [1.807, 2.05) is 0 Å². The molecule has 4 heteroatoms. The molecule has 0 radical (unpaired) electrons. The number of carbonyl (C=O) groups is 1. The van der Waals surface area contributed by atoms with Gasteiger partial charge in [-0.3, -0.25) is 4.79 Å². The Balaban J connectivity index is 1.99. The van der Waals surface area contributed by atoms with Crippen LogP contribution in [0.4, 0.5) is 0 Å². The van der Waals surface area contributed by atoms with E-state index in [1.165, 1.54) is 12.8 Å². The van der Waals surface area contributed by atoms with Gasteiger partial charge in [0.1, 0.15) is 0 Å². The molecule has 1 aliphatic carbocycles. The van der Waals surface area contributed by atoms with Gasteiger partial charge in [0.25, 0.3) is 0 Å². The molecule has 3 N–H and O–H groups in total. The zero-order valence-corrected chi connectivity index (χ0v) is 11.6. The van der Waals surface area contributed by atoms with Gasteiger partial charge >= 0.3 is 0 Å². The summed E-state index contributed by atoms with van der Waals surface area (Å²) >= 11 is 0. The number of unbranched alkanes of at least 4 members (excludes halogenated alkanes) is 1. The van der Waals surface area contributed by atoms with Crippen LogP contribution < -0.4 is 11.1 Å². The Morgan fingerprint density at radius 3 is 2.94 bits per heavy atom. The minimum atomic E-state index is 0.187. The van der Waals surface area contributed by atoms with Gasteiger partial charge in [-0.05, 0) is 38.0 Å². The molecule has 1 aliphatic rings. The monoisotopic (exact) mass is 256 g/mol. The van der Waals surface area contributed by atoms with Crippen LogP contribution in [0.1, 0.15) is 51.4 Å². The Morgan fingerprint density at radius 1 is 1.39 bits per heavy atom. The minimum Gasteiger partial charge on any atom is -0.385 e. The molecule has 0 heterocycles. The number of carbonyl (C=O) groups excluding carboxylic acids is 1. The molecule has 0 aromatic rings. The molecule has 18 heavy (non-hydrogen) atoms. The van der Waals surface area contributed by atoms with Gasteiger partial charge in [-0.1, -0.05) is 12.8 Å². The van der Waals surface area contributed by atoms with E-state index in [-0.39, 0.29) is 5.91 Å². The largest absolute Gasteiger partial charge is 0.385 e. The molecule has 0 bridgehead atoms. The zero-order valence-electron chi connectivity index (χ0n) is 11.6. The highest BCUT2D eigenvalue weighted by atomic mass is 16.5. The van der Waals surface area contributed by atoms with Crippen LogP contribution in [0.15, 0.2) is 0 Å². The van der Waals surface area contributed by atoms with E-state index in [0.717, 1.165) is 45.3 Å². The van der Waals surface area contributed by atoms with Gasteiger partial charge in [-0.15, -0.1) is 0 Å². The Morgan fingerprint density at radius 2 is 2.22 bits per heavy atom. The van der Waals surface area contributed by atoms with E-state index in [2.05, 4.69) is 5.32 Å². The van der Waals surface area contributed by atoms with Crippen molar-refractivity contribution in [3.8, 4) is 0 Å². The molecule has 0 aliphatic heterocycles. The molecule has 2 atom stereocenters. The number of hydrogen-bond donors (Lipinski definition) is 2. The third-order valence-electron chi connectivity index (χ3n) is 3.70. The van der Waals surface area contributed by atoms with E-state index in [1.54, 1.807) is 7.11 Å². The normalized spacial score (nSPS) is 23.9. The van der Waals surface area contributed by atoms with Crippen LogP contribution in [0.25, 0.3) is 0 Å². The Bertz CT molecular complexity index is 234. The Labute approximate surface area is 111 Å². The second kappa shape index (κ2) is 9.34.